The van der Waals surface area contributed by atoms with Gasteiger partial charge >= 0.3 is 0 Å². The minimum absolute atomic E-state index is 0.129. The van der Waals surface area contributed by atoms with Gasteiger partial charge in [-0.05, 0) is 31.0 Å². The summed E-state index contributed by atoms with van der Waals surface area (Å²) in [6.45, 7) is 5.76. The van der Waals surface area contributed by atoms with Gasteiger partial charge in [0.15, 0.2) is 0 Å². The van der Waals surface area contributed by atoms with E-state index in [1.165, 1.54) is 0 Å². The second kappa shape index (κ2) is 8.05. The van der Waals surface area contributed by atoms with Gasteiger partial charge in [-0.25, -0.2) is 0 Å². The molecule has 3 nitrogen and oxygen atoms in total. The predicted molar refractivity (Wildman–Crippen MR) is 78.9 cm³/mol. The van der Waals surface area contributed by atoms with Crippen molar-refractivity contribution in [1.29, 1.82) is 0 Å². The van der Waals surface area contributed by atoms with Gasteiger partial charge in [-0.1, -0.05) is 25.4 Å². The Bertz CT molecular complexity index is 415. The molecule has 4 heteroatoms. The zero-order valence-electron chi connectivity index (χ0n) is 11.9. The van der Waals surface area contributed by atoms with Crippen molar-refractivity contribution in [2.24, 2.45) is 0 Å². The Hall–Kier alpha value is -1.22. The summed E-state index contributed by atoms with van der Waals surface area (Å²) < 4.78 is 5.27. The van der Waals surface area contributed by atoms with Crippen molar-refractivity contribution in [2.75, 3.05) is 20.2 Å². The van der Waals surface area contributed by atoms with E-state index in [1.807, 2.05) is 4.90 Å². The highest BCUT2D eigenvalue weighted by Crippen LogP contribution is 2.23. The third kappa shape index (κ3) is 4.75. The number of benzene rings is 1. The SMILES string of the molecule is CCCN(CCC)C(=O)Cc1cc(Cl)ccc1OC. The number of ether oxygens (including phenoxy) is 1. The van der Waals surface area contributed by atoms with Crippen LogP contribution in [0.4, 0.5) is 0 Å². The number of hydrogen-bond acceptors (Lipinski definition) is 2. The highest BCUT2D eigenvalue weighted by Gasteiger charge is 2.15. The molecule has 0 saturated carbocycles. The molecule has 0 unspecified atom stereocenters. The summed E-state index contributed by atoms with van der Waals surface area (Å²) in [5.74, 6) is 0.843. The van der Waals surface area contributed by atoms with Crippen molar-refractivity contribution in [3.8, 4) is 5.75 Å². The van der Waals surface area contributed by atoms with Crippen molar-refractivity contribution < 1.29 is 9.53 Å². The molecule has 0 atom stereocenters. The van der Waals surface area contributed by atoms with Crippen LogP contribution in [0.25, 0.3) is 0 Å². The Morgan fingerprint density at radius 3 is 2.42 bits per heavy atom. The van der Waals surface area contributed by atoms with Crippen LogP contribution in [-0.4, -0.2) is 31.0 Å². The van der Waals surface area contributed by atoms with Crippen molar-refractivity contribution in [1.82, 2.24) is 4.90 Å². The van der Waals surface area contributed by atoms with Crippen molar-refractivity contribution >= 4 is 17.5 Å². The van der Waals surface area contributed by atoms with Crippen molar-refractivity contribution in [2.45, 2.75) is 33.1 Å². The minimum atomic E-state index is 0.129. The van der Waals surface area contributed by atoms with Gasteiger partial charge in [0.05, 0.1) is 13.5 Å². The van der Waals surface area contributed by atoms with Crippen LogP contribution < -0.4 is 4.74 Å². The summed E-state index contributed by atoms with van der Waals surface area (Å²) in [6.07, 6.45) is 2.28. The molecule has 0 aliphatic heterocycles. The molecule has 0 aromatic heterocycles. The number of hydrogen-bond donors (Lipinski definition) is 0. The smallest absolute Gasteiger partial charge is 0.227 e. The van der Waals surface area contributed by atoms with E-state index in [-0.39, 0.29) is 5.91 Å². The summed E-state index contributed by atoms with van der Waals surface area (Å²) >= 11 is 5.98. The van der Waals surface area contributed by atoms with E-state index in [1.54, 1.807) is 25.3 Å². The number of halogens is 1. The monoisotopic (exact) mass is 283 g/mol. The molecule has 1 aromatic carbocycles. The highest BCUT2D eigenvalue weighted by molar-refractivity contribution is 6.30. The van der Waals surface area contributed by atoms with E-state index in [2.05, 4.69) is 13.8 Å². The Morgan fingerprint density at radius 2 is 1.89 bits per heavy atom. The molecule has 0 aliphatic rings. The maximum atomic E-state index is 12.3. The maximum Gasteiger partial charge on any atom is 0.227 e. The van der Waals surface area contributed by atoms with Crippen LogP contribution in [0, 0.1) is 0 Å². The standard InChI is InChI=1S/C15H22ClNO2/c1-4-8-17(9-5-2)15(18)11-12-10-13(16)6-7-14(12)19-3/h6-7,10H,4-5,8-9,11H2,1-3H3. The van der Waals surface area contributed by atoms with Gasteiger partial charge in [-0.15, -0.1) is 0 Å². The molecule has 0 heterocycles. The van der Waals surface area contributed by atoms with Crippen LogP contribution in [0.15, 0.2) is 18.2 Å². The lowest BCUT2D eigenvalue weighted by Crippen LogP contribution is -2.33. The summed E-state index contributed by atoms with van der Waals surface area (Å²) in [5, 5.41) is 0.626. The molecule has 106 valence electrons. The lowest BCUT2D eigenvalue weighted by molar-refractivity contribution is -0.130. The van der Waals surface area contributed by atoms with Crippen LogP contribution >= 0.6 is 11.6 Å². The quantitative estimate of drug-likeness (QED) is 0.766. The molecule has 0 radical (unpaired) electrons. The third-order valence-corrected chi connectivity index (χ3v) is 3.16. The van der Waals surface area contributed by atoms with Gasteiger partial charge in [-0.3, -0.25) is 4.79 Å². The molecule has 0 N–H and O–H groups in total. The number of carbonyl (C=O) groups is 1. The first-order chi connectivity index (χ1) is 9.12. The fourth-order valence-corrected chi connectivity index (χ4v) is 2.26. The van der Waals surface area contributed by atoms with E-state index >= 15 is 0 Å². The fourth-order valence-electron chi connectivity index (χ4n) is 2.06. The zero-order chi connectivity index (χ0) is 14.3. The van der Waals surface area contributed by atoms with E-state index in [4.69, 9.17) is 16.3 Å². The molecule has 0 spiro atoms. The van der Waals surface area contributed by atoms with Crippen molar-refractivity contribution in [3.05, 3.63) is 28.8 Å². The summed E-state index contributed by atoms with van der Waals surface area (Å²) in [6, 6.07) is 5.37. The predicted octanol–water partition coefficient (Wildman–Crippen LogP) is 3.54. The molecular formula is C15H22ClNO2. The Balaban J connectivity index is 2.82. The van der Waals surface area contributed by atoms with Crippen molar-refractivity contribution in [3.63, 3.8) is 0 Å². The summed E-state index contributed by atoms with van der Waals surface area (Å²) in [5.41, 5.74) is 0.845. The van der Waals surface area contributed by atoms with Gasteiger partial charge in [0, 0.05) is 23.7 Å². The van der Waals surface area contributed by atoms with Gasteiger partial charge in [-0.2, -0.15) is 0 Å². The number of rotatable bonds is 7. The number of methoxy groups -OCH3 is 1. The van der Waals surface area contributed by atoms with Gasteiger partial charge in [0.2, 0.25) is 5.91 Å². The summed E-state index contributed by atoms with van der Waals surface area (Å²) in [4.78, 5) is 14.2. The first-order valence-electron chi connectivity index (χ1n) is 6.72. The second-order valence-electron chi connectivity index (χ2n) is 4.51. The second-order valence-corrected chi connectivity index (χ2v) is 4.95. The topological polar surface area (TPSA) is 29.5 Å². The average Bonchev–Trinajstić information content (AvgIpc) is 2.38. The fraction of sp³-hybridized carbons (Fsp3) is 0.533. The van der Waals surface area contributed by atoms with Crippen LogP contribution in [0.5, 0.6) is 5.75 Å². The molecule has 0 fully saturated rings. The molecule has 1 rings (SSSR count). The number of nitrogens with zero attached hydrogens (tertiary/aromatic N) is 1. The maximum absolute atomic E-state index is 12.3. The molecule has 0 aliphatic carbocycles. The first-order valence-corrected chi connectivity index (χ1v) is 7.10. The normalized spacial score (nSPS) is 10.3. The number of amides is 1. The van der Waals surface area contributed by atoms with Crippen LogP contribution in [0.1, 0.15) is 32.3 Å². The first kappa shape index (κ1) is 15.8. The molecular weight excluding hydrogens is 262 g/mol. The summed E-state index contributed by atoms with van der Waals surface area (Å²) in [7, 11) is 1.60. The van der Waals surface area contributed by atoms with E-state index in [0.717, 1.165) is 31.5 Å². The van der Waals surface area contributed by atoms with Gasteiger partial charge < -0.3 is 9.64 Å². The van der Waals surface area contributed by atoms with E-state index in [9.17, 15) is 4.79 Å². The lowest BCUT2D eigenvalue weighted by atomic mass is 10.1. The highest BCUT2D eigenvalue weighted by atomic mass is 35.5. The van der Waals surface area contributed by atoms with Gasteiger partial charge in [0.25, 0.3) is 0 Å². The van der Waals surface area contributed by atoms with Crippen LogP contribution in [0.3, 0.4) is 0 Å². The average molecular weight is 284 g/mol. The molecule has 1 amide bonds. The van der Waals surface area contributed by atoms with E-state index in [0.29, 0.717) is 17.2 Å². The Labute approximate surface area is 120 Å². The van der Waals surface area contributed by atoms with Crippen LogP contribution in [-0.2, 0) is 11.2 Å². The Kier molecular flexibility index (Phi) is 6.71. The molecule has 19 heavy (non-hydrogen) atoms. The third-order valence-electron chi connectivity index (χ3n) is 2.92. The molecule has 0 saturated heterocycles. The molecule has 1 aromatic rings. The largest absolute Gasteiger partial charge is 0.496 e. The zero-order valence-corrected chi connectivity index (χ0v) is 12.7. The van der Waals surface area contributed by atoms with Crippen LogP contribution in [0.2, 0.25) is 5.02 Å². The van der Waals surface area contributed by atoms with E-state index < -0.39 is 0 Å². The minimum Gasteiger partial charge on any atom is -0.496 e. The molecule has 0 bridgehead atoms. The van der Waals surface area contributed by atoms with Gasteiger partial charge in [0.1, 0.15) is 5.75 Å². The Morgan fingerprint density at radius 1 is 1.26 bits per heavy atom. The number of carbonyl (C=O) groups excluding carboxylic acids is 1. The lowest BCUT2D eigenvalue weighted by Gasteiger charge is -2.22.